The number of carboxylic acid groups (broad SMARTS) is 1. The average molecular weight is 576 g/mol. The lowest BCUT2D eigenvalue weighted by Crippen LogP contribution is -2.26. The highest BCUT2D eigenvalue weighted by Crippen LogP contribution is 2.15. The van der Waals surface area contributed by atoms with Gasteiger partial charge in [-0.1, -0.05) is 59.6 Å². The number of carbonyl (C=O) groups excluding carboxylic acids is 1. The smallest absolute Gasteiger partial charge is 0.313 e. The van der Waals surface area contributed by atoms with E-state index in [4.69, 9.17) is 33.4 Å². The second kappa shape index (κ2) is 21.6. The molecule has 4 N–H and O–H groups in total. The number of rotatable bonds is 17. The molecule has 6 nitrogen and oxygen atoms in total. The summed E-state index contributed by atoms with van der Waals surface area (Å²) in [5.41, 5.74) is 2.21. The van der Waals surface area contributed by atoms with Gasteiger partial charge in [0, 0.05) is 34.5 Å². The van der Waals surface area contributed by atoms with Crippen LogP contribution >= 0.6 is 46.7 Å². The van der Waals surface area contributed by atoms with Gasteiger partial charge in [-0.15, -0.1) is 11.8 Å². The van der Waals surface area contributed by atoms with Crippen LogP contribution in [0.1, 0.15) is 24.0 Å². The maximum Gasteiger partial charge on any atom is 0.313 e. The third-order valence-electron chi connectivity index (χ3n) is 4.78. The highest BCUT2D eigenvalue weighted by molar-refractivity contribution is 8.00. The normalized spacial score (nSPS) is 10.4. The van der Waals surface area contributed by atoms with E-state index in [9.17, 15) is 9.59 Å². The second-order valence-corrected chi connectivity index (χ2v) is 10.8. The summed E-state index contributed by atoms with van der Waals surface area (Å²) in [6, 6.07) is 15.5. The zero-order valence-electron chi connectivity index (χ0n) is 20.4. The van der Waals surface area contributed by atoms with Crippen LogP contribution in [0.3, 0.4) is 0 Å². The van der Waals surface area contributed by atoms with Gasteiger partial charge in [0.1, 0.15) is 0 Å². The first-order valence-electron chi connectivity index (χ1n) is 11.9. The Morgan fingerprint density at radius 2 is 1.42 bits per heavy atom. The van der Waals surface area contributed by atoms with Crippen LogP contribution in [-0.2, 0) is 22.4 Å². The number of amides is 1. The molecule has 36 heavy (non-hydrogen) atoms. The van der Waals surface area contributed by atoms with Gasteiger partial charge in [-0.3, -0.25) is 9.59 Å². The van der Waals surface area contributed by atoms with Crippen molar-refractivity contribution in [3.05, 3.63) is 69.7 Å². The molecule has 0 radical (unpaired) electrons. The van der Waals surface area contributed by atoms with Crippen LogP contribution in [0.2, 0.25) is 10.0 Å². The van der Waals surface area contributed by atoms with Crippen LogP contribution in [0.4, 0.5) is 0 Å². The maximum atomic E-state index is 11.5. The van der Waals surface area contributed by atoms with Crippen molar-refractivity contribution in [1.29, 1.82) is 0 Å². The predicted octanol–water partition coefficient (Wildman–Crippen LogP) is 4.79. The van der Waals surface area contributed by atoms with E-state index in [1.807, 2.05) is 42.5 Å². The molecule has 200 valence electrons. The quantitative estimate of drug-likeness (QED) is 0.201. The maximum absolute atomic E-state index is 11.5. The fourth-order valence-corrected chi connectivity index (χ4v) is 4.76. The van der Waals surface area contributed by atoms with Gasteiger partial charge in [0.2, 0.25) is 5.91 Å². The first-order valence-corrected chi connectivity index (χ1v) is 14.9. The number of carbonyl (C=O) groups is 2. The number of aliphatic hydroxyl groups excluding tert-OH is 1. The van der Waals surface area contributed by atoms with Crippen molar-refractivity contribution in [3.8, 4) is 0 Å². The lowest BCUT2D eigenvalue weighted by Gasteiger charge is -2.06. The molecule has 0 heterocycles. The SMILES string of the molecule is O=C(O)CSCCC(=O)NCCc1ccccc1Cl.OCCSCCCNCCc1ccccc1Cl. The molecule has 2 aromatic carbocycles. The van der Waals surface area contributed by atoms with Crippen molar-refractivity contribution in [3.63, 3.8) is 0 Å². The van der Waals surface area contributed by atoms with Crippen molar-refractivity contribution < 1.29 is 19.8 Å². The molecule has 0 bridgehead atoms. The van der Waals surface area contributed by atoms with Crippen molar-refractivity contribution in [2.75, 3.05) is 49.3 Å². The molecule has 0 aliphatic rings. The van der Waals surface area contributed by atoms with Gasteiger partial charge in [-0.25, -0.2) is 0 Å². The summed E-state index contributed by atoms with van der Waals surface area (Å²) in [7, 11) is 0. The van der Waals surface area contributed by atoms with Crippen LogP contribution in [0.15, 0.2) is 48.5 Å². The van der Waals surface area contributed by atoms with E-state index in [1.165, 1.54) is 17.3 Å². The molecule has 2 aromatic rings. The summed E-state index contributed by atoms with van der Waals surface area (Å²) in [6.45, 7) is 2.81. The van der Waals surface area contributed by atoms with Crippen molar-refractivity contribution in [2.45, 2.75) is 25.7 Å². The molecule has 0 aliphatic heterocycles. The summed E-state index contributed by atoms with van der Waals surface area (Å²) in [5, 5.41) is 24.8. The molecule has 10 heteroatoms. The number of hydrogen-bond donors (Lipinski definition) is 4. The van der Waals surface area contributed by atoms with Crippen molar-refractivity contribution in [2.24, 2.45) is 0 Å². The topological polar surface area (TPSA) is 98.7 Å². The molecule has 0 spiro atoms. The van der Waals surface area contributed by atoms with E-state index < -0.39 is 5.97 Å². The number of aliphatic hydroxyl groups is 1. The summed E-state index contributed by atoms with van der Waals surface area (Å²) in [4.78, 5) is 21.7. The molecule has 0 aliphatic carbocycles. The minimum absolute atomic E-state index is 0.0346. The molecule has 2 rings (SSSR count). The Labute approximate surface area is 232 Å². The zero-order chi connectivity index (χ0) is 26.4. The number of thioether (sulfide) groups is 2. The number of nitrogens with one attached hydrogen (secondary N) is 2. The number of carboxylic acids is 1. The molecule has 0 aromatic heterocycles. The van der Waals surface area contributed by atoms with Gasteiger partial charge in [0.25, 0.3) is 0 Å². The van der Waals surface area contributed by atoms with Crippen LogP contribution in [0.25, 0.3) is 0 Å². The molecular formula is C26H36Cl2N2O4S2. The van der Waals surface area contributed by atoms with E-state index in [0.29, 0.717) is 30.2 Å². The van der Waals surface area contributed by atoms with Gasteiger partial charge in [0.15, 0.2) is 0 Å². The minimum Gasteiger partial charge on any atom is -0.481 e. The Bertz CT molecular complexity index is 891. The van der Waals surface area contributed by atoms with Crippen LogP contribution in [0.5, 0.6) is 0 Å². The highest BCUT2D eigenvalue weighted by Gasteiger charge is 2.04. The third-order valence-corrected chi connectivity index (χ3v) is 7.51. The number of benzene rings is 2. The van der Waals surface area contributed by atoms with E-state index in [2.05, 4.69) is 16.7 Å². The van der Waals surface area contributed by atoms with E-state index in [0.717, 1.165) is 48.0 Å². The Kier molecular flexibility index (Phi) is 19.6. The molecule has 0 unspecified atom stereocenters. The lowest BCUT2D eigenvalue weighted by atomic mass is 10.1. The van der Waals surface area contributed by atoms with Crippen molar-refractivity contribution >= 4 is 58.6 Å². The fourth-order valence-electron chi connectivity index (χ4n) is 2.97. The second-order valence-electron chi connectivity index (χ2n) is 7.67. The first kappa shape index (κ1) is 32.6. The first-order chi connectivity index (χ1) is 17.4. The Balaban J connectivity index is 0.000000362. The van der Waals surface area contributed by atoms with Gasteiger partial charge >= 0.3 is 5.97 Å². The largest absolute Gasteiger partial charge is 0.481 e. The molecular weight excluding hydrogens is 539 g/mol. The van der Waals surface area contributed by atoms with E-state index in [-0.39, 0.29) is 18.3 Å². The summed E-state index contributed by atoms with van der Waals surface area (Å²) >= 11 is 15.1. The number of aliphatic carboxylic acids is 1. The van der Waals surface area contributed by atoms with Crippen LogP contribution in [-0.4, -0.2) is 71.3 Å². The standard InChI is InChI=1S/C13H16ClNO3S.C13H20ClNOS/c14-11-4-2-1-3-10(11)5-7-15-12(16)6-8-19-9-13(17)18;14-13-5-2-1-4-12(13)6-8-15-7-3-10-17-11-9-16/h1-4H,5-9H2,(H,15,16)(H,17,18);1-2,4-5,15-16H,3,6-11H2. The third kappa shape index (κ3) is 17.1. The van der Waals surface area contributed by atoms with Crippen molar-refractivity contribution in [1.82, 2.24) is 10.6 Å². The summed E-state index contributed by atoms with van der Waals surface area (Å²) < 4.78 is 0. The van der Waals surface area contributed by atoms with Gasteiger partial charge in [0.05, 0.1) is 12.4 Å². The van der Waals surface area contributed by atoms with E-state index >= 15 is 0 Å². The van der Waals surface area contributed by atoms with Gasteiger partial charge < -0.3 is 20.8 Å². The lowest BCUT2D eigenvalue weighted by molar-refractivity contribution is -0.134. The monoisotopic (exact) mass is 574 g/mol. The highest BCUT2D eigenvalue weighted by atomic mass is 35.5. The summed E-state index contributed by atoms with van der Waals surface area (Å²) in [6.07, 6.45) is 3.14. The van der Waals surface area contributed by atoms with Gasteiger partial charge in [-0.05, 0) is 61.4 Å². The van der Waals surface area contributed by atoms with E-state index in [1.54, 1.807) is 11.8 Å². The van der Waals surface area contributed by atoms with Crippen LogP contribution < -0.4 is 10.6 Å². The number of hydrogen-bond acceptors (Lipinski definition) is 6. The Morgan fingerprint density at radius 3 is 2.00 bits per heavy atom. The Hall–Kier alpha value is -1.42. The molecule has 0 atom stereocenters. The molecule has 0 fully saturated rings. The molecule has 1 amide bonds. The van der Waals surface area contributed by atoms with Crippen LogP contribution in [0, 0.1) is 0 Å². The number of halogens is 2. The van der Waals surface area contributed by atoms with Gasteiger partial charge in [-0.2, -0.15) is 11.8 Å². The molecule has 0 saturated carbocycles. The predicted molar refractivity (Wildman–Crippen MR) is 155 cm³/mol. The Morgan fingerprint density at radius 1 is 0.806 bits per heavy atom. The minimum atomic E-state index is -0.857. The zero-order valence-corrected chi connectivity index (χ0v) is 23.5. The molecule has 0 saturated heterocycles. The average Bonchev–Trinajstić information content (AvgIpc) is 2.86. The summed E-state index contributed by atoms with van der Waals surface area (Å²) in [5.74, 6) is 1.59. The fraction of sp³-hybridized carbons (Fsp3) is 0.462.